The lowest BCUT2D eigenvalue weighted by molar-refractivity contribution is 0.00575. The van der Waals surface area contributed by atoms with Gasteiger partial charge in [-0.2, -0.15) is 0 Å². The lowest BCUT2D eigenvalue weighted by Crippen LogP contribution is -2.44. The van der Waals surface area contributed by atoms with E-state index in [1.807, 2.05) is 6.92 Å². The van der Waals surface area contributed by atoms with Crippen LogP contribution in [0.25, 0.3) is 22.3 Å². The largest absolute Gasteiger partial charge is 0.455 e. The number of carbonyl (C=O) groups is 2. The van der Waals surface area contributed by atoms with E-state index in [0.29, 0.717) is 53.6 Å². The Morgan fingerprint density at radius 2 is 1.90 bits per heavy atom. The monoisotopic (exact) mass is 558 g/mol. The molecule has 210 valence electrons. The minimum atomic E-state index is -3.35. The van der Waals surface area contributed by atoms with Crippen molar-refractivity contribution in [3.63, 3.8) is 0 Å². The molecular formula is C27H34N4O7S. The minimum absolute atomic E-state index is 0.0325. The van der Waals surface area contributed by atoms with E-state index in [4.69, 9.17) is 19.2 Å². The van der Waals surface area contributed by atoms with Gasteiger partial charge in [-0.05, 0) is 58.9 Å². The first-order valence-electron chi connectivity index (χ1n) is 12.7. The van der Waals surface area contributed by atoms with Crippen molar-refractivity contribution >= 4 is 38.6 Å². The highest BCUT2D eigenvalue weighted by atomic mass is 32.2. The van der Waals surface area contributed by atoms with Gasteiger partial charge in [-0.15, -0.1) is 0 Å². The van der Waals surface area contributed by atoms with Crippen molar-refractivity contribution in [2.45, 2.75) is 52.0 Å². The average Bonchev–Trinajstić information content (AvgIpc) is 3.21. The number of morpholine rings is 1. The zero-order chi connectivity index (χ0) is 28.5. The molecule has 1 atom stereocenters. The van der Waals surface area contributed by atoms with E-state index in [2.05, 4.69) is 9.88 Å². The molecule has 4 rings (SSSR count). The summed E-state index contributed by atoms with van der Waals surface area (Å²) in [4.78, 5) is 37.2. The van der Waals surface area contributed by atoms with E-state index in [1.165, 1.54) is 4.57 Å². The van der Waals surface area contributed by atoms with Crippen molar-refractivity contribution in [3.8, 4) is 11.4 Å². The fourth-order valence-corrected chi connectivity index (χ4v) is 5.07. The zero-order valence-corrected chi connectivity index (χ0v) is 23.9. The minimum Gasteiger partial charge on any atom is -0.455 e. The van der Waals surface area contributed by atoms with Crippen LogP contribution < -0.4 is 4.90 Å². The van der Waals surface area contributed by atoms with Gasteiger partial charge in [-0.3, -0.25) is 0 Å². The normalized spacial score (nSPS) is 16.4. The molecule has 0 radical (unpaired) electrons. The number of nitrogens with zero attached hydrogens (tertiary/aromatic N) is 4. The number of ether oxygens (including phenoxy) is 3. The van der Waals surface area contributed by atoms with Crippen LogP contribution in [-0.2, 0) is 29.8 Å². The number of anilines is 1. The number of benzene rings is 1. The number of aromatic nitrogens is 3. The van der Waals surface area contributed by atoms with E-state index in [9.17, 15) is 18.0 Å². The lowest BCUT2D eigenvalue weighted by Gasteiger charge is -2.34. The predicted molar refractivity (Wildman–Crippen MR) is 147 cm³/mol. The Hall–Kier alpha value is -3.51. The van der Waals surface area contributed by atoms with Crippen LogP contribution in [0.5, 0.6) is 0 Å². The number of hydrogen-bond donors (Lipinski definition) is 0. The van der Waals surface area contributed by atoms with Gasteiger partial charge >= 0.3 is 12.1 Å². The molecule has 0 amide bonds. The summed E-state index contributed by atoms with van der Waals surface area (Å²) in [5, 5.41) is 0.569. The first-order chi connectivity index (χ1) is 18.3. The van der Waals surface area contributed by atoms with Gasteiger partial charge in [0.25, 0.3) is 0 Å². The molecule has 3 heterocycles. The molecule has 0 N–H and O–H groups in total. The van der Waals surface area contributed by atoms with Crippen molar-refractivity contribution < 1.29 is 32.2 Å². The SMILES string of the molecule is CCOC(=O)n1c(C(=O)OC(C)(C)C)cc2cc(-c3nc(CS(C)(=O)=O)cc(N4CCOC[C@@H]4C)n3)ccc21. The Morgan fingerprint density at radius 3 is 2.54 bits per heavy atom. The number of fused-ring (bicyclic) bond motifs is 1. The summed E-state index contributed by atoms with van der Waals surface area (Å²) in [6, 6.07) is 8.47. The van der Waals surface area contributed by atoms with Crippen LogP contribution in [0.2, 0.25) is 0 Å². The summed E-state index contributed by atoms with van der Waals surface area (Å²) in [6.45, 7) is 10.7. The highest BCUT2D eigenvalue weighted by Gasteiger charge is 2.27. The van der Waals surface area contributed by atoms with Crippen LogP contribution in [-0.4, -0.2) is 79.3 Å². The van der Waals surface area contributed by atoms with E-state index < -0.39 is 27.5 Å². The fraction of sp³-hybridized carbons (Fsp3) is 0.481. The third-order valence-electron chi connectivity index (χ3n) is 5.96. The van der Waals surface area contributed by atoms with Crippen molar-refractivity contribution in [1.82, 2.24) is 14.5 Å². The molecule has 1 saturated heterocycles. The Bertz CT molecular complexity index is 1510. The lowest BCUT2D eigenvalue weighted by atomic mass is 10.1. The second-order valence-corrected chi connectivity index (χ2v) is 12.7. The zero-order valence-electron chi connectivity index (χ0n) is 23.1. The quantitative estimate of drug-likeness (QED) is 0.412. The summed E-state index contributed by atoms with van der Waals surface area (Å²) in [5.41, 5.74) is 0.683. The first-order valence-corrected chi connectivity index (χ1v) is 14.8. The van der Waals surface area contributed by atoms with Gasteiger partial charge in [0.15, 0.2) is 15.7 Å². The molecule has 12 heteroatoms. The maximum absolute atomic E-state index is 13.0. The van der Waals surface area contributed by atoms with Crippen molar-refractivity contribution in [2.24, 2.45) is 0 Å². The molecule has 0 spiro atoms. The summed E-state index contributed by atoms with van der Waals surface area (Å²) in [6.07, 6.45) is 0.463. The van der Waals surface area contributed by atoms with Gasteiger partial charge in [0.1, 0.15) is 17.1 Å². The summed E-state index contributed by atoms with van der Waals surface area (Å²) < 4.78 is 41.7. The molecule has 0 aliphatic carbocycles. The summed E-state index contributed by atoms with van der Waals surface area (Å²) >= 11 is 0. The molecular weight excluding hydrogens is 524 g/mol. The predicted octanol–water partition coefficient (Wildman–Crippen LogP) is 3.83. The summed E-state index contributed by atoms with van der Waals surface area (Å²) in [7, 11) is -3.35. The first kappa shape index (κ1) is 28.5. The molecule has 11 nitrogen and oxygen atoms in total. The molecule has 39 heavy (non-hydrogen) atoms. The Balaban J connectivity index is 1.84. The van der Waals surface area contributed by atoms with Crippen LogP contribution in [0, 0.1) is 0 Å². The topological polar surface area (TPSA) is 130 Å². The number of esters is 1. The van der Waals surface area contributed by atoms with Crippen molar-refractivity contribution in [3.05, 3.63) is 41.7 Å². The molecule has 0 bridgehead atoms. The summed E-state index contributed by atoms with van der Waals surface area (Å²) in [5.74, 6) is 0.0317. The Morgan fingerprint density at radius 1 is 1.15 bits per heavy atom. The van der Waals surface area contributed by atoms with E-state index in [1.54, 1.807) is 58.0 Å². The Kier molecular flexibility index (Phi) is 7.99. The smallest absolute Gasteiger partial charge is 0.419 e. The third-order valence-corrected chi connectivity index (χ3v) is 6.78. The van der Waals surface area contributed by atoms with Crippen LogP contribution in [0.15, 0.2) is 30.3 Å². The van der Waals surface area contributed by atoms with E-state index >= 15 is 0 Å². The van der Waals surface area contributed by atoms with E-state index in [0.717, 1.165) is 6.26 Å². The van der Waals surface area contributed by atoms with Crippen LogP contribution in [0.1, 0.15) is 50.8 Å². The maximum atomic E-state index is 13.0. The maximum Gasteiger partial charge on any atom is 0.419 e. The average molecular weight is 559 g/mol. The molecule has 1 aliphatic heterocycles. The highest BCUT2D eigenvalue weighted by Crippen LogP contribution is 2.29. The van der Waals surface area contributed by atoms with Gasteiger partial charge in [0.05, 0.1) is 42.8 Å². The Labute approximate surface area is 228 Å². The molecule has 1 aliphatic rings. The standard InChI is InChI=1S/C27H34N4O7S/c1-7-37-26(33)31-21-9-8-18(12-19(21)13-22(31)25(32)38-27(3,4)5)24-28-20(16-39(6,34)35)14-23(29-24)30-10-11-36-15-17(30)2/h8-9,12-14,17H,7,10-11,15-16H2,1-6H3/t17-/m0/s1. The van der Waals surface area contributed by atoms with Gasteiger partial charge in [-0.1, -0.05) is 0 Å². The van der Waals surface area contributed by atoms with Gasteiger partial charge in [0, 0.05) is 29.8 Å². The number of carbonyl (C=O) groups excluding carboxylic acids is 2. The highest BCUT2D eigenvalue weighted by molar-refractivity contribution is 7.89. The van der Waals surface area contributed by atoms with Gasteiger partial charge < -0.3 is 19.1 Å². The van der Waals surface area contributed by atoms with Crippen LogP contribution in [0.4, 0.5) is 10.6 Å². The van der Waals surface area contributed by atoms with Crippen molar-refractivity contribution in [2.75, 3.05) is 37.5 Å². The molecule has 1 aromatic carbocycles. The number of rotatable bonds is 6. The third kappa shape index (κ3) is 6.74. The van der Waals surface area contributed by atoms with Gasteiger partial charge in [0.2, 0.25) is 0 Å². The molecule has 0 unspecified atom stereocenters. The second-order valence-electron chi connectivity index (χ2n) is 10.6. The second kappa shape index (κ2) is 10.9. The van der Waals surface area contributed by atoms with Crippen LogP contribution in [0.3, 0.4) is 0 Å². The van der Waals surface area contributed by atoms with Crippen molar-refractivity contribution in [1.29, 1.82) is 0 Å². The number of sulfone groups is 1. The van der Waals surface area contributed by atoms with Gasteiger partial charge in [-0.25, -0.2) is 32.5 Å². The fourth-order valence-electron chi connectivity index (χ4n) is 4.39. The molecule has 1 fully saturated rings. The molecule has 3 aromatic rings. The molecule has 0 saturated carbocycles. The van der Waals surface area contributed by atoms with Crippen LogP contribution >= 0.6 is 0 Å². The molecule has 2 aromatic heterocycles. The number of hydrogen-bond acceptors (Lipinski definition) is 10. The van der Waals surface area contributed by atoms with E-state index in [-0.39, 0.29) is 24.1 Å².